The van der Waals surface area contributed by atoms with Crippen molar-refractivity contribution in [2.24, 2.45) is 11.7 Å². The zero-order valence-corrected chi connectivity index (χ0v) is 9.07. The molecule has 0 amide bonds. The normalized spacial score (nSPS) is 15.6. The van der Waals surface area contributed by atoms with Crippen LogP contribution >= 0.6 is 0 Å². The van der Waals surface area contributed by atoms with Gasteiger partial charge in [0.05, 0.1) is 12.1 Å². The molecule has 0 saturated heterocycles. The van der Waals surface area contributed by atoms with Crippen molar-refractivity contribution in [1.82, 2.24) is 0 Å². The predicted molar refractivity (Wildman–Crippen MR) is 59.0 cm³/mol. The smallest absolute Gasteiger partial charge is 0.0755 e. The van der Waals surface area contributed by atoms with Gasteiger partial charge in [0, 0.05) is 0 Å². The van der Waals surface area contributed by atoms with Gasteiger partial charge in [-0.1, -0.05) is 38.1 Å². The van der Waals surface area contributed by atoms with Crippen LogP contribution in [0.15, 0.2) is 24.3 Å². The van der Waals surface area contributed by atoms with Crippen molar-refractivity contribution in [1.29, 1.82) is 0 Å². The molecule has 0 unspecified atom stereocenters. The van der Waals surface area contributed by atoms with E-state index in [1.807, 2.05) is 45.0 Å². The van der Waals surface area contributed by atoms with Crippen LogP contribution in [0.1, 0.15) is 31.0 Å². The number of hydrogen-bond donors (Lipinski definition) is 2. The molecule has 0 aromatic heterocycles. The minimum atomic E-state index is -0.476. The summed E-state index contributed by atoms with van der Waals surface area (Å²) in [7, 11) is 0. The fourth-order valence-corrected chi connectivity index (χ4v) is 1.56. The Morgan fingerprint density at radius 3 is 2.29 bits per heavy atom. The predicted octanol–water partition coefficient (Wildman–Crippen LogP) is 2.01. The highest BCUT2D eigenvalue weighted by atomic mass is 16.3. The molecule has 3 N–H and O–H groups in total. The largest absolute Gasteiger partial charge is 0.391 e. The molecule has 0 saturated carbocycles. The first-order chi connectivity index (χ1) is 6.54. The van der Waals surface area contributed by atoms with Crippen molar-refractivity contribution in [2.45, 2.75) is 32.9 Å². The van der Waals surface area contributed by atoms with E-state index in [-0.39, 0.29) is 12.0 Å². The average Bonchev–Trinajstić information content (AvgIpc) is 2.16. The minimum absolute atomic E-state index is 0.185. The van der Waals surface area contributed by atoms with E-state index in [0.29, 0.717) is 0 Å². The lowest BCUT2D eigenvalue weighted by Gasteiger charge is -2.23. The Labute approximate surface area is 85.8 Å². The maximum Gasteiger partial charge on any atom is 0.0755 e. The molecule has 2 nitrogen and oxygen atoms in total. The molecule has 2 heteroatoms. The quantitative estimate of drug-likeness (QED) is 0.771. The van der Waals surface area contributed by atoms with E-state index < -0.39 is 6.10 Å². The second-order valence-electron chi connectivity index (χ2n) is 4.12. The summed E-state index contributed by atoms with van der Waals surface area (Å²) in [5.74, 6) is 0.185. The molecule has 1 aromatic rings. The van der Waals surface area contributed by atoms with Crippen LogP contribution in [0.5, 0.6) is 0 Å². The van der Waals surface area contributed by atoms with Crippen LogP contribution < -0.4 is 5.73 Å². The Hall–Kier alpha value is -0.860. The fourth-order valence-electron chi connectivity index (χ4n) is 1.56. The standard InChI is InChI=1S/C12H19NO/c1-8(2)12(14)11(13)10-7-5-4-6-9(10)3/h4-8,11-12,14H,13H2,1-3H3/t11-,12+/m1/s1. The van der Waals surface area contributed by atoms with E-state index in [0.717, 1.165) is 11.1 Å². The summed E-state index contributed by atoms with van der Waals surface area (Å²) in [5, 5.41) is 9.85. The molecular weight excluding hydrogens is 174 g/mol. The zero-order chi connectivity index (χ0) is 10.7. The summed E-state index contributed by atoms with van der Waals surface area (Å²) in [6.45, 7) is 5.97. The first kappa shape index (κ1) is 11.2. The highest BCUT2D eigenvalue weighted by Crippen LogP contribution is 2.22. The maximum atomic E-state index is 9.85. The van der Waals surface area contributed by atoms with Gasteiger partial charge in [-0.3, -0.25) is 0 Å². The molecule has 78 valence electrons. The first-order valence-electron chi connectivity index (χ1n) is 5.03. The lowest BCUT2D eigenvalue weighted by Crippen LogP contribution is -2.30. The van der Waals surface area contributed by atoms with E-state index in [9.17, 15) is 5.11 Å². The van der Waals surface area contributed by atoms with E-state index in [4.69, 9.17) is 5.73 Å². The Morgan fingerprint density at radius 1 is 1.21 bits per heavy atom. The Bertz CT molecular complexity index is 296. The number of benzene rings is 1. The molecule has 0 aliphatic rings. The summed E-state index contributed by atoms with van der Waals surface area (Å²) in [4.78, 5) is 0. The molecule has 0 fully saturated rings. The van der Waals surface area contributed by atoms with Gasteiger partial charge in [-0.05, 0) is 24.0 Å². The van der Waals surface area contributed by atoms with Crippen molar-refractivity contribution in [2.75, 3.05) is 0 Å². The van der Waals surface area contributed by atoms with Gasteiger partial charge in [0.25, 0.3) is 0 Å². The molecular formula is C12H19NO. The van der Waals surface area contributed by atoms with Crippen LogP contribution in [-0.2, 0) is 0 Å². The third kappa shape index (κ3) is 2.34. The van der Waals surface area contributed by atoms with E-state index >= 15 is 0 Å². The molecule has 14 heavy (non-hydrogen) atoms. The van der Waals surface area contributed by atoms with Crippen LogP contribution in [0.2, 0.25) is 0 Å². The highest BCUT2D eigenvalue weighted by Gasteiger charge is 2.20. The Kier molecular flexibility index (Phi) is 3.67. The van der Waals surface area contributed by atoms with Crippen molar-refractivity contribution < 1.29 is 5.11 Å². The van der Waals surface area contributed by atoms with Crippen molar-refractivity contribution in [3.63, 3.8) is 0 Å². The molecule has 2 atom stereocenters. The number of aliphatic hydroxyl groups is 1. The van der Waals surface area contributed by atoms with Crippen LogP contribution in [0.3, 0.4) is 0 Å². The monoisotopic (exact) mass is 193 g/mol. The number of hydrogen-bond acceptors (Lipinski definition) is 2. The summed E-state index contributed by atoms with van der Waals surface area (Å²) >= 11 is 0. The van der Waals surface area contributed by atoms with Crippen LogP contribution in [0, 0.1) is 12.8 Å². The average molecular weight is 193 g/mol. The Morgan fingerprint density at radius 2 is 1.79 bits per heavy atom. The van der Waals surface area contributed by atoms with E-state index in [1.54, 1.807) is 0 Å². The topological polar surface area (TPSA) is 46.2 Å². The van der Waals surface area contributed by atoms with Gasteiger partial charge in [-0.2, -0.15) is 0 Å². The molecule has 0 heterocycles. The van der Waals surface area contributed by atoms with Gasteiger partial charge in [0.2, 0.25) is 0 Å². The maximum absolute atomic E-state index is 9.85. The number of aryl methyl sites for hydroxylation is 1. The second-order valence-corrected chi connectivity index (χ2v) is 4.12. The highest BCUT2D eigenvalue weighted by molar-refractivity contribution is 5.29. The van der Waals surface area contributed by atoms with Crippen molar-refractivity contribution in [3.05, 3.63) is 35.4 Å². The first-order valence-corrected chi connectivity index (χ1v) is 5.03. The minimum Gasteiger partial charge on any atom is -0.391 e. The summed E-state index contributed by atoms with van der Waals surface area (Å²) in [6, 6.07) is 7.65. The number of aliphatic hydroxyl groups excluding tert-OH is 1. The molecule has 0 aliphatic heterocycles. The van der Waals surface area contributed by atoms with E-state index in [2.05, 4.69) is 0 Å². The molecule has 0 radical (unpaired) electrons. The summed E-state index contributed by atoms with van der Waals surface area (Å²) in [5.41, 5.74) is 8.16. The summed E-state index contributed by atoms with van der Waals surface area (Å²) in [6.07, 6.45) is -0.476. The van der Waals surface area contributed by atoms with Gasteiger partial charge in [0.15, 0.2) is 0 Å². The molecule has 1 aromatic carbocycles. The molecule has 0 aliphatic carbocycles. The number of nitrogens with two attached hydrogens (primary N) is 1. The van der Waals surface area contributed by atoms with Crippen LogP contribution in [0.4, 0.5) is 0 Å². The van der Waals surface area contributed by atoms with E-state index in [1.165, 1.54) is 0 Å². The zero-order valence-electron chi connectivity index (χ0n) is 9.07. The van der Waals surface area contributed by atoms with Crippen LogP contribution in [0.25, 0.3) is 0 Å². The second kappa shape index (κ2) is 4.58. The van der Waals surface area contributed by atoms with Crippen molar-refractivity contribution >= 4 is 0 Å². The van der Waals surface area contributed by atoms with Crippen LogP contribution in [-0.4, -0.2) is 11.2 Å². The Balaban J connectivity index is 2.89. The lowest BCUT2D eigenvalue weighted by atomic mass is 9.92. The van der Waals surface area contributed by atoms with Crippen molar-refractivity contribution in [3.8, 4) is 0 Å². The van der Waals surface area contributed by atoms with Gasteiger partial charge >= 0.3 is 0 Å². The third-order valence-corrected chi connectivity index (χ3v) is 2.60. The molecule has 0 bridgehead atoms. The van der Waals surface area contributed by atoms with Gasteiger partial charge in [-0.25, -0.2) is 0 Å². The SMILES string of the molecule is Cc1ccccc1[C@@H](N)[C@@H](O)C(C)C. The number of rotatable bonds is 3. The van der Waals surface area contributed by atoms with Gasteiger partial charge in [-0.15, -0.1) is 0 Å². The fraction of sp³-hybridized carbons (Fsp3) is 0.500. The third-order valence-electron chi connectivity index (χ3n) is 2.60. The molecule has 0 spiro atoms. The molecule has 1 rings (SSSR count). The van der Waals surface area contributed by atoms with Gasteiger partial charge < -0.3 is 10.8 Å². The lowest BCUT2D eigenvalue weighted by molar-refractivity contribution is 0.0977. The summed E-state index contributed by atoms with van der Waals surface area (Å²) < 4.78 is 0. The van der Waals surface area contributed by atoms with Gasteiger partial charge in [0.1, 0.15) is 0 Å².